The molecule has 1 aromatic carbocycles. The number of thiazole rings is 1. The number of benzene rings is 1. The van der Waals surface area contributed by atoms with Gasteiger partial charge in [-0.25, -0.2) is 9.78 Å². The van der Waals surface area contributed by atoms with Crippen molar-refractivity contribution in [1.29, 1.82) is 0 Å². The van der Waals surface area contributed by atoms with Gasteiger partial charge in [-0.05, 0) is 31.2 Å². The quantitative estimate of drug-likeness (QED) is 0.847. The molecule has 22 heavy (non-hydrogen) atoms. The molecule has 0 saturated carbocycles. The summed E-state index contributed by atoms with van der Waals surface area (Å²) in [7, 11) is 1.28. The number of hydrogen-bond donors (Lipinski definition) is 1. The van der Waals surface area contributed by atoms with Gasteiger partial charge in [0.05, 0.1) is 13.3 Å². The average molecular weight is 341 g/mol. The number of rotatable bonds is 5. The summed E-state index contributed by atoms with van der Waals surface area (Å²) in [6.07, 6.45) is 0.614. The van der Waals surface area contributed by atoms with Crippen molar-refractivity contribution >= 4 is 39.9 Å². The Kier molecular flexibility index (Phi) is 5.35. The fourth-order valence-electron chi connectivity index (χ4n) is 1.50. The van der Waals surface area contributed by atoms with Crippen LogP contribution in [0.25, 0.3) is 0 Å². The van der Waals surface area contributed by atoms with Gasteiger partial charge in [0.2, 0.25) is 0 Å². The fourth-order valence-corrected chi connectivity index (χ4v) is 2.37. The maximum Gasteiger partial charge on any atom is 0.349 e. The van der Waals surface area contributed by atoms with Crippen molar-refractivity contribution in [2.45, 2.75) is 13.0 Å². The Morgan fingerprint density at radius 1 is 1.32 bits per heavy atom. The number of ether oxygens (including phenoxy) is 2. The molecule has 0 radical (unpaired) electrons. The normalized spacial score (nSPS) is 11.6. The van der Waals surface area contributed by atoms with E-state index in [0.29, 0.717) is 20.8 Å². The van der Waals surface area contributed by atoms with Gasteiger partial charge in [-0.1, -0.05) is 22.9 Å². The van der Waals surface area contributed by atoms with E-state index >= 15 is 0 Å². The lowest BCUT2D eigenvalue weighted by molar-refractivity contribution is -0.122. The van der Waals surface area contributed by atoms with Gasteiger partial charge in [0.25, 0.3) is 5.91 Å². The predicted molar refractivity (Wildman–Crippen MR) is 83.6 cm³/mol. The molecule has 2 aromatic rings. The molecule has 0 aliphatic carbocycles. The van der Waals surface area contributed by atoms with Crippen LogP contribution in [0.5, 0.6) is 5.75 Å². The topological polar surface area (TPSA) is 77.5 Å². The second kappa shape index (κ2) is 7.24. The lowest BCUT2D eigenvalue weighted by Crippen LogP contribution is -2.30. The van der Waals surface area contributed by atoms with Gasteiger partial charge in [-0.2, -0.15) is 0 Å². The molecular weight excluding hydrogens is 328 g/mol. The van der Waals surface area contributed by atoms with Gasteiger partial charge in [0, 0.05) is 5.02 Å². The van der Waals surface area contributed by atoms with E-state index in [9.17, 15) is 9.59 Å². The standard InChI is InChI=1S/C14H13ClN2O4S/c1-8(21-10-5-3-9(15)4-6-10)12(18)17-14-16-7-11(22-14)13(19)20-2/h3-8H,1-2H3,(H,16,17,18). The zero-order valence-electron chi connectivity index (χ0n) is 11.8. The number of nitrogens with one attached hydrogen (secondary N) is 1. The van der Waals surface area contributed by atoms with E-state index in [2.05, 4.69) is 15.0 Å². The molecule has 1 unspecified atom stereocenters. The zero-order valence-corrected chi connectivity index (χ0v) is 13.4. The van der Waals surface area contributed by atoms with Gasteiger partial charge < -0.3 is 9.47 Å². The molecule has 0 aliphatic rings. The molecule has 2 rings (SSSR count). The molecule has 0 aliphatic heterocycles. The van der Waals surface area contributed by atoms with Crippen molar-refractivity contribution in [2.75, 3.05) is 12.4 Å². The van der Waals surface area contributed by atoms with E-state index in [1.54, 1.807) is 31.2 Å². The molecule has 1 atom stereocenters. The molecule has 116 valence electrons. The van der Waals surface area contributed by atoms with Crippen LogP contribution in [0.2, 0.25) is 5.02 Å². The first-order valence-corrected chi connectivity index (χ1v) is 7.46. The van der Waals surface area contributed by atoms with Crippen LogP contribution in [0.15, 0.2) is 30.5 Å². The fraction of sp³-hybridized carbons (Fsp3) is 0.214. The van der Waals surface area contributed by atoms with E-state index in [1.807, 2.05) is 0 Å². The Morgan fingerprint density at radius 3 is 2.64 bits per heavy atom. The SMILES string of the molecule is COC(=O)c1cnc(NC(=O)C(C)Oc2ccc(Cl)cc2)s1. The number of anilines is 1. The van der Waals surface area contributed by atoms with E-state index in [4.69, 9.17) is 16.3 Å². The molecule has 0 spiro atoms. The van der Waals surface area contributed by atoms with Crippen LogP contribution in [0.1, 0.15) is 16.6 Å². The largest absolute Gasteiger partial charge is 0.481 e. The first-order valence-electron chi connectivity index (χ1n) is 6.27. The Hall–Kier alpha value is -2.12. The van der Waals surface area contributed by atoms with Gasteiger partial charge in [-0.15, -0.1) is 0 Å². The highest BCUT2D eigenvalue weighted by molar-refractivity contribution is 7.17. The summed E-state index contributed by atoms with van der Waals surface area (Å²) in [5.41, 5.74) is 0. The first kappa shape index (κ1) is 16.3. The van der Waals surface area contributed by atoms with E-state index in [1.165, 1.54) is 13.3 Å². The third-order valence-electron chi connectivity index (χ3n) is 2.62. The molecule has 6 nitrogen and oxygen atoms in total. The number of carbonyl (C=O) groups is 2. The second-order valence-electron chi connectivity index (χ2n) is 4.22. The highest BCUT2D eigenvalue weighted by atomic mass is 35.5. The number of esters is 1. The Balaban J connectivity index is 1.94. The lowest BCUT2D eigenvalue weighted by atomic mass is 10.3. The van der Waals surface area contributed by atoms with Crippen molar-refractivity contribution in [2.24, 2.45) is 0 Å². The molecule has 0 fully saturated rings. The summed E-state index contributed by atoms with van der Waals surface area (Å²) < 4.78 is 10.1. The zero-order chi connectivity index (χ0) is 16.1. The number of hydrogen-bond acceptors (Lipinski definition) is 6. The minimum atomic E-state index is -0.730. The number of carbonyl (C=O) groups excluding carboxylic acids is 2. The van der Waals surface area contributed by atoms with Crippen molar-refractivity contribution in [1.82, 2.24) is 4.98 Å². The maximum absolute atomic E-state index is 12.0. The maximum atomic E-state index is 12.0. The monoisotopic (exact) mass is 340 g/mol. The molecule has 1 aromatic heterocycles. The van der Waals surface area contributed by atoms with Crippen LogP contribution >= 0.6 is 22.9 Å². The third kappa shape index (κ3) is 4.19. The smallest absolute Gasteiger partial charge is 0.349 e. The molecular formula is C14H13ClN2O4S. The highest BCUT2D eigenvalue weighted by Gasteiger charge is 2.18. The van der Waals surface area contributed by atoms with Crippen molar-refractivity contribution in [3.05, 3.63) is 40.4 Å². The minimum absolute atomic E-state index is 0.303. The van der Waals surface area contributed by atoms with Crippen molar-refractivity contribution in [3.8, 4) is 5.75 Å². The van der Waals surface area contributed by atoms with Gasteiger partial charge in [0.15, 0.2) is 11.2 Å². The molecule has 0 bridgehead atoms. The Labute approximate surface area is 136 Å². The number of aromatic nitrogens is 1. The van der Waals surface area contributed by atoms with Crippen LogP contribution in [0.4, 0.5) is 5.13 Å². The molecule has 8 heteroatoms. The predicted octanol–water partition coefficient (Wildman–Crippen LogP) is 2.99. The summed E-state index contributed by atoms with van der Waals surface area (Å²) in [6, 6.07) is 6.69. The van der Waals surface area contributed by atoms with Crippen LogP contribution in [-0.2, 0) is 9.53 Å². The minimum Gasteiger partial charge on any atom is -0.481 e. The number of amides is 1. The Morgan fingerprint density at radius 2 is 2.00 bits per heavy atom. The van der Waals surface area contributed by atoms with Gasteiger partial charge >= 0.3 is 5.97 Å². The summed E-state index contributed by atoms with van der Waals surface area (Å²) >= 11 is 6.81. The van der Waals surface area contributed by atoms with Crippen LogP contribution in [0, 0.1) is 0 Å². The van der Waals surface area contributed by atoms with Crippen molar-refractivity contribution in [3.63, 3.8) is 0 Å². The van der Waals surface area contributed by atoms with E-state index in [0.717, 1.165) is 11.3 Å². The summed E-state index contributed by atoms with van der Waals surface area (Å²) in [5.74, 6) is -0.342. The van der Waals surface area contributed by atoms with Gasteiger partial charge in [0.1, 0.15) is 10.6 Å². The van der Waals surface area contributed by atoms with Crippen molar-refractivity contribution < 1.29 is 19.1 Å². The molecule has 1 N–H and O–H groups in total. The molecule has 1 heterocycles. The number of halogens is 1. The molecule has 0 saturated heterocycles. The third-order valence-corrected chi connectivity index (χ3v) is 3.76. The second-order valence-corrected chi connectivity index (χ2v) is 5.69. The average Bonchev–Trinajstić information content (AvgIpc) is 2.97. The van der Waals surface area contributed by atoms with E-state index in [-0.39, 0.29) is 5.91 Å². The highest BCUT2D eigenvalue weighted by Crippen LogP contribution is 2.20. The first-order chi connectivity index (χ1) is 10.5. The summed E-state index contributed by atoms with van der Waals surface area (Å²) in [5, 5.41) is 3.47. The Bertz CT molecular complexity index is 672. The number of methoxy groups -OCH3 is 1. The van der Waals surface area contributed by atoms with Gasteiger partial charge in [-0.3, -0.25) is 10.1 Å². The molecule has 1 amide bonds. The van der Waals surface area contributed by atoms with Crippen LogP contribution < -0.4 is 10.1 Å². The van der Waals surface area contributed by atoms with E-state index < -0.39 is 12.1 Å². The lowest BCUT2D eigenvalue weighted by Gasteiger charge is -2.13. The number of nitrogens with zero attached hydrogens (tertiary/aromatic N) is 1. The summed E-state index contributed by atoms with van der Waals surface area (Å²) in [6.45, 7) is 1.61. The summed E-state index contributed by atoms with van der Waals surface area (Å²) in [4.78, 5) is 27.6. The van der Waals surface area contributed by atoms with Crippen LogP contribution in [-0.4, -0.2) is 30.1 Å². The van der Waals surface area contributed by atoms with Crippen LogP contribution in [0.3, 0.4) is 0 Å².